The molecule has 3 heteroatoms. The summed E-state index contributed by atoms with van der Waals surface area (Å²) in [7, 11) is 0. The summed E-state index contributed by atoms with van der Waals surface area (Å²) < 4.78 is 5.16. The lowest BCUT2D eigenvalue weighted by Gasteiger charge is -2.02. The molecule has 0 aromatic heterocycles. The number of rotatable bonds is 5. The minimum absolute atomic E-state index is 0.243. The molecule has 0 heterocycles. The maximum absolute atomic E-state index is 12.1. The molecule has 0 saturated carbocycles. The van der Waals surface area contributed by atoms with Crippen molar-refractivity contribution in [1.82, 2.24) is 0 Å². The van der Waals surface area contributed by atoms with Crippen molar-refractivity contribution < 1.29 is 9.53 Å². The van der Waals surface area contributed by atoms with E-state index in [4.69, 9.17) is 4.74 Å². The Kier molecular flexibility index (Phi) is 5.07. The highest BCUT2D eigenvalue weighted by Crippen LogP contribution is 2.34. The molecule has 0 bridgehead atoms. The van der Waals surface area contributed by atoms with Gasteiger partial charge in [-0.05, 0) is 54.7 Å². The van der Waals surface area contributed by atoms with Crippen molar-refractivity contribution in [1.29, 1.82) is 0 Å². The summed E-state index contributed by atoms with van der Waals surface area (Å²) in [5.41, 5.74) is 3.93. The third-order valence-electron chi connectivity index (χ3n) is 3.36. The second-order valence-electron chi connectivity index (χ2n) is 4.83. The first-order valence-electron chi connectivity index (χ1n) is 7.09. The van der Waals surface area contributed by atoms with Gasteiger partial charge in [-0.15, -0.1) is 12.6 Å². The monoisotopic (exact) mass is 288 g/mol. The Hall–Kier alpha value is -1.48. The summed E-state index contributed by atoms with van der Waals surface area (Å²) in [6.45, 7) is 4.39. The van der Waals surface area contributed by atoms with Crippen LogP contribution >= 0.6 is 12.6 Å². The van der Waals surface area contributed by atoms with Gasteiger partial charge in [0.1, 0.15) is 0 Å². The van der Waals surface area contributed by atoms with Crippen molar-refractivity contribution >= 4 is 18.6 Å². The molecule has 2 aliphatic rings. The highest BCUT2D eigenvalue weighted by molar-refractivity contribution is 7.80. The molecule has 0 spiro atoms. The first-order chi connectivity index (χ1) is 9.67. The van der Waals surface area contributed by atoms with Crippen LogP contribution < -0.4 is 0 Å². The molecule has 0 amide bonds. The van der Waals surface area contributed by atoms with E-state index in [2.05, 4.69) is 19.6 Å². The van der Waals surface area contributed by atoms with Crippen LogP contribution in [-0.2, 0) is 11.2 Å². The van der Waals surface area contributed by atoms with E-state index in [0.29, 0.717) is 12.2 Å². The Balaban J connectivity index is 2.51. The Labute approximate surface area is 125 Å². The molecule has 0 aromatic carbocycles. The number of fused-ring (bicyclic) bond motifs is 1. The van der Waals surface area contributed by atoms with Crippen LogP contribution in [-0.4, -0.2) is 12.6 Å². The van der Waals surface area contributed by atoms with Crippen LogP contribution in [0.3, 0.4) is 0 Å². The van der Waals surface area contributed by atoms with Gasteiger partial charge in [-0.2, -0.15) is 0 Å². The minimum atomic E-state index is -0.243. The predicted octanol–water partition coefficient (Wildman–Crippen LogP) is 4.60. The van der Waals surface area contributed by atoms with Gasteiger partial charge in [0.2, 0.25) is 0 Å². The van der Waals surface area contributed by atoms with E-state index in [9.17, 15) is 4.79 Å². The van der Waals surface area contributed by atoms with Crippen molar-refractivity contribution in [3.63, 3.8) is 0 Å². The maximum Gasteiger partial charge on any atom is 0.338 e. The largest absolute Gasteiger partial charge is 0.462 e. The molecule has 0 aromatic rings. The number of carbonyl (C=O) groups is 1. The molecule has 20 heavy (non-hydrogen) atoms. The van der Waals surface area contributed by atoms with E-state index in [1.807, 2.05) is 37.3 Å². The summed E-state index contributed by atoms with van der Waals surface area (Å²) >= 11 is 4.43. The Morgan fingerprint density at radius 2 is 2.00 bits per heavy atom. The Bertz CT molecular complexity index is 578. The van der Waals surface area contributed by atoms with Gasteiger partial charge in [0, 0.05) is 4.90 Å². The van der Waals surface area contributed by atoms with Crippen LogP contribution in [0.25, 0.3) is 11.1 Å². The molecule has 0 unspecified atom stereocenters. The molecule has 0 radical (unpaired) electrons. The molecule has 2 nitrogen and oxygen atoms in total. The average Bonchev–Trinajstić information content (AvgIpc) is 2.63. The van der Waals surface area contributed by atoms with E-state index in [-0.39, 0.29) is 5.97 Å². The zero-order valence-corrected chi connectivity index (χ0v) is 12.9. The number of esters is 1. The van der Waals surface area contributed by atoms with E-state index in [0.717, 1.165) is 35.3 Å². The van der Waals surface area contributed by atoms with Crippen LogP contribution in [0.15, 0.2) is 35.2 Å². The second kappa shape index (κ2) is 6.80. The van der Waals surface area contributed by atoms with E-state index in [1.165, 1.54) is 5.56 Å². The van der Waals surface area contributed by atoms with E-state index >= 15 is 0 Å². The SMILES string of the molecule is CCCCc1cc(C(=O)OCC)c2cccc(S)cc1-2. The predicted molar refractivity (Wildman–Crippen MR) is 84.9 cm³/mol. The van der Waals surface area contributed by atoms with Gasteiger partial charge in [-0.3, -0.25) is 0 Å². The third-order valence-corrected chi connectivity index (χ3v) is 3.64. The fourth-order valence-electron chi connectivity index (χ4n) is 2.39. The lowest BCUT2D eigenvalue weighted by atomic mass is 10.0. The Morgan fingerprint density at radius 1 is 1.20 bits per heavy atom. The number of carbonyl (C=O) groups excluding carboxylic acids is 1. The number of hydrogen-bond acceptors (Lipinski definition) is 3. The third kappa shape index (κ3) is 3.15. The lowest BCUT2D eigenvalue weighted by molar-refractivity contribution is 0.0527. The van der Waals surface area contributed by atoms with Crippen molar-refractivity contribution in [3.05, 3.63) is 41.5 Å². The highest BCUT2D eigenvalue weighted by Gasteiger charge is 2.20. The van der Waals surface area contributed by atoms with Gasteiger partial charge in [-0.25, -0.2) is 4.79 Å². The average molecular weight is 288 g/mol. The molecule has 0 aliphatic heterocycles. The summed E-state index contributed by atoms with van der Waals surface area (Å²) in [4.78, 5) is 13.0. The maximum atomic E-state index is 12.1. The zero-order valence-electron chi connectivity index (χ0n) is 12.0. The quantitative estimate of drug-likeness (QED) is 0.643. The number of ether oxygens (including phenoxy) is 1. The first kappa shape index (κ1) is 14.9. The number of unbranched alkanes of at least 4 members (excludes halogenated alkanes) is 1. The molecule has 0 N–H and O–H groups in total. The molecular formula is C17H20O2S. The van der Waals surface area contributed by atoms with Gasteiger partial charge in [0.25, 0.3) is 0 Å². The molecule has 0 saturated heterocycles. The summed E-state index contributed by atoms with van der Waals surface area (Å²) in [5.74, 6) is -0.243. The van der Waals surface area contributed by atoms with Gasteiger partial charge in [-0.1, -0.05) is 25.5 Å². The minimum Gasteiger partial charge on any atom is -0.462 e. The molecular weight excluding hydrogens is 268 g/mol. The molecule has 2 aliphatic carbocycles. The smallest absolute Gasteiger partial charge is 0.338 e. The molecule has 2 rings (SSSR count). The summed E-state index contributed by atoms with van der Waals surface area (Å²) in [5, 5.41) is 0. The lowest BCUT2D eigenvalue weighted by Crippen LogP contribution is -2.03. The standard InChI is InChI=1S/C17H20O2S/c1-3-5-7-12-10-16(17(18)19-4-2)14-9-6-8-13(20)11-15(12)14/h6,8-11,20H,3-5,7H2,1-2H3. The number of aryl methyl sites for hydroxylation is 1. The van der Waals surface area contributed by atoms with Gasteiger partial charge in [0.05, 0.1) is 12.2 Å². The van der Waals surface area contributed by atoms with Crippen LogP contribution in [0.2, 0.25) is 0 Å². The fourth-order valence-corrected chi connectivity index (χ4v) is 2.60. The van der Waals surface area contributed by atoms with Crippen molar-refractivity contribution in [2.75, 3.05) is 6.61 Å². The highest BCUT2D eigenvalue weighted by atomic mass is 32.1. The molecule has 106 valence electrons. The Morgan fingerprint density at radius 3 is 2.70 bits per heavy atom. The topological polar surface area (TPSA) is 26.3 Å². The molecule has 0 atom stereocenters. The van der Waals surface area contributed by atoms with Gasteiger partial charge in [0.15, 0.2) is 0 Å². The van der Waals surface area contributed by atoms with Crippen molar-refractivity contribution in [2.24, 2.45) is 0 Å². The van der Waals surface area contributed by atoms with Gasteiger partial charge >= 0.3 is 5.97 Å². The van der Waals surface area contributed by atoms with Crippen LogP contribution in [0.1, 0.15) is 42.6 Å². The molecule has 0 fully saturated rings. The van der Waals surface area contributed by atoms with Crippen molar-refractivity contribution in [3.8, 4) is 11.1 Å². The number of thiol groups is 1. The van der Waals surface area contributed by atoms with Gasteiger partial charge < -0.3 is 4.74 Å². The van der Waals surface area contributed by atoms with Crippen LogP contribution in [0, 0.1) is 0 Å². The van der Waals surface area contributed by atoms with E-state index < -0.39 is 0 Å². The summed E-state index contributed by atoms with van der Waals surface area (Å²) in [6, 6.07) is 9.84. The van der Waals surface area contributed by atoms with E-state index in [1.54, 1.807) is 0 Å². The van der Waals surface area contributed by atoms with Crippen LogP contribution in [0.5, 0.6) is 0 Å². The summed E-state index contributed by atoms with van der Waals surface area (Å²) in [6.07, 6.45) is 3.22. The zero-order chi connectivity index (χ0) is 14.5. The van der Waals surface area contributed by atoms with Crippen LogP contribution in [0.4, 0.5) is 0 Å². The van der Waals surface area contributed by atoms with Crippen molar-refractivity contribution in [2.45, 2.75) is 38.0 Å². The normalized spacial score (nSPS) is 10.8. The fraction of sp³-hybridized carbons (Fsp3) is 0.353. The number of hydrogen-bond donors (Lipinski definition) is 1. The first-order valence-corrected chi connectivity index (χ1v) is 7.53. The second-order valence-corrected chi connectivity index (χ2v) is 5.35.